The zero-order chi connectivity index (χ0) is 14.3. The third-order valence-corrected chi connectivity index (χ3v) is 4.68. The predicted molar refractivity (Wildman–Crippen MR) is 68.1 cm³/mol. The SMILES string of the molecule is CC(C)(C1NC(c2ccc(F)cc2)=NO1)S(N)(=O)=O. The van der Waals surface area contributed by atoms with Gasteiger partial charge in [-0.05, 0) is 38.1 Å². The highest BCUT2D eigenvalue weighted by Gasteiger charge is 2.45. The number of halogens is 1. The summed E-state index contributed by atoms with van der Waals surface area (Å²) in [6.07, 6.45) is -0.900. The number of benzene rings is 1. The molecular formula is C11H14FN3O3S. The predicted octanol–water partition coefficient (Wildman–Crippen LogP) is 0.500. The van der Waals surface area contributed by atoms with Crippen molar-refractivity contribution in [3.63, 3.8) is 0 Å². The van der Waals surface area contributed by atoms with E-state index < -0.39 is 21.0 Å². The van der Waals surface area contributed by atoms with Crippen LogP contribution < -0.4 is 10.5 Å². The number of hydrogen-bond donors (Lipinski definition) is 2. The lowest BCUT2D eigenvalue weighted by Gasteiger charge is -2.26. The zero-order valence-electron chi connectivity index (χ0n) is 10.4. The van der Waals surface area contributed by atoms with Gasteiger partial charge in [-0.3, -0.25) is 0 Å². The van der Waals surface area contributed by atoms with Crippen molar-refractivity contribution in [2.75, 3.05) is 0 Å². The van der Waals surface area contributed by atoms with E-state index in [4.69, 9.17) is 9.98 Å². The van der Waals surface area contributed by atoms with E-state index in [-0.39, 0.29) is 5.82 Å². The summed E-state index contributed by atoms with van der Waals surface area (Å²) in [6.45, 7) is 2.87. The Morgan fingerprint density at radius 2 is 1.95 bits per heavy atom. The van der Waals surface area contributed by atoms with E-state index >= 15 is 0 Å². The quantitative estimate of drug-likeness (QED) is 0.846. The van der Waals surface area contributed by atoms with Crippen LogP contribution in [0.15, 0.2) is 29.4 Å². The second-order valence-electron chi connectivity index (χ2n) is 4.73. The van der Waals surface area contributed by atoms with Crippen molar-refractivity contribution >= 4 is 15.9 Å². The van der Waals surface area contributed by atoms with Gasteiger partial charge in [0.15, 0.2) is 5.84 Å². The lowest BCUT2D eigenvalue weighted by atomic mass is 10.1. The second-order valence-corrected chi connectivity index (χ2v) is 6.87. The third kappa shape index (κ3) is 2.54. The van der Waals surface area contributed by atoms with E-state index in [1.165, 1.54) is 38.1 Å². The van der Waals surface area contributed by atoms with Crippen molar-refractivity contribution in [1.82, 2.24) is 5.32 Å². The molecule has 1 heterocycles. The van der Waals surface area contributed by atoms with Crippen LogP contribution in [0.2, 0.25) is 0 Å². The van der Waals surface area contributed by atoms with Gasteiger partial charge in [0.25, 0.3) is 0 Å². The van der Waals surface area contributed by atoms with Gasteiger partial charge in [0, 0.05) is 5.56 Å². The van der Waals surface area contributed by atoms with Crippen LogP contribution >= 0.6 is 0 Å². The molecule has 6 nitrogen and oxygen atoms in total. The molecule has 3 N–H and O–H groups in total. The summed E-state index contributed by atoms with van der Waals surface area (Å²) in [4.78, 5) is 5.07. The molecule has 2 rings (SSSR count). The molecule has 0 aliphatic carbocycles. The highest BCUT2D eigenvalue weighted by atomic mass is 32.2. The van der Waals surface area contributed by atoms with E-state index in [2.05, 4.69) is 10.5 Å². The van der Waals surface area contributed by atoms with Crippen LogP contribution in [0.25, 0.3) is 0 Å². The fraction of sp³-hybridized carbons (Fsp3) is 0.364. The Bertz CT molecular complexity index is 611. The third-order valence-electron chi connectivity index (χ3n) is 3.00. The summed E-state index contributed by atoms with van der Waals surface area (Å²) in [5.41, 5.74) is 0.592. The minimum absolute atomic E-state index is 0.335. The lowest BCUT2D eigenvalue weighted by Crippen LogP contribution is -2.54. The summed E-state index contributed by atoms with van der Waals surface area (Å²) in [5.74, 6) is -0.0357. The van der Waals surface area contributed by atoms with E-state index in [0.717, 1.165) is 0 Å². The van der Waals surface area contributed by atoms with Gasteiger partial charge < -0.3 is 10.2 Å². The number of amidine groups is 1. The van der Waals surface area contributed by atoms with Crippen LogP contribution in [0.3, 0.4) is 0 Å². The maximum absolute atomic E-state index is 12.8. The molecule has 0 amide bonds. The highest BCUT2D eigenvalue weighted by Crippen LogP contribution is 2.23. The van der Waals surface area contributed by atoms with Gasteiger partial charge >= 0.3 is 0 Å². The monoisotopic (exact) mass is 287 g/mol. The molecule has 1 aliphatic rings. The molecule has 0 saturated heterocycles. The van der Waals surface area contributed by atoms with E-state index in [9.17, 15) is 12.8 Å². The lowest BCUT2D eigenvalue weighted by molar-refractivity contribution is 0.0484. The molecule has 1 unspecified atom stereocenters. The summed E-state index contributed by atoms with van der Waals surface area (Å²) in [7, 11) is -3.82. The fourth-order valence-corrected chi connectivity index (χ4v) is 1.88. The first-order chi connectivity index (χ1) is 8.72. The van der Waals surface area contributed by atoms with Crippen molar-refractivity contribution in [3.8, 4) is 0 Å². The molecule has 0 spiro atoms. The molecule has 1 atom stereocenters. The van der Waals surface area contributed by atoms with Crippen LogP contribution in [-0.4, -0.2) is 25.2 Å². The highest BCUT2D eigenvalue weighted by molar-refractivity contribution is 7.90. The van der Waals surface area contributed by atoms with Crippen LogP contribution in [0.4, 0.5) is 4.39 Å². The van der Waals surface area contributed by atoms with Gasteiger partial charge in [-0.2, -0.15) is 0 Å². The Morgan fingerprint density at radius 1 is 1.37 bits per heavy atom. The number of nitrogens with zero attached hydrogens (tertiary/aromatic N) is 1. The van der Waals surface area contributed by atoms with E-state index in [1.54, 1.807) is 0 Å². The molecule has 1 aromatic carbocycles. The van der Waals surface area contributed by atoms with Gasteiger partial charge in [0.05, 0.1) is 0 Å². The average Bonchev–Trinajstić information content (AvgIpc) is 2.78. The normalized spacial score (nSPS) is 19.6. The van der Waals surface area contributed by atoms with Gasteiger partial charge in [-0.1, -0.05) is 5.16 Å². The smallest absolute Gasteiger partial charge is 0.220 e. The van der Waals surface area contributed by atoms with E-state index in [1.807, 2.05) is 0 Å². The topological polar surface area (TPSA) is 93.8 Å². The van der Waals surface area contributed by atoms with Crippen LogP contribution in [0.1, 0.15) is 19.4 Å². The molecule has 19 heavy (non-hydrogen) atoms. The Kier molecular flexibility index (Phi) is 3.23. The largest absolute Gasteiger partial charge is 0.367 e. The summed E-state index contributed by atoms with van der Waals surface area (Å²) < 4.78 is 34.4. The summed E-state index contributed by atoms with van der Waals surface area (Å²) in [5, 5.41) is 11.7. The number of nitrogens with one attached hydrogen (secondary N) is 1. The molecule has 0 radical (unpaired) electrons. The summed E-state index contributed by atoms with van der Waals surface area (Å²) >= 11 is 0. The van der Waals surface area contributed by atoms with E-state index in [0.29, 0.717) is 11.4 Å². The number of oxime groups is 1. The van der Waals surface area contributed by atoms with Crippen molar-refractivity contribution in [2.45, 2.75) is 24.8 Å². The zero-order valence-corrected chi connectivity index (χ0v) is 11.2. The van der Waals surface area contributed by atoms with Crippen LogP contribution in [0.5, 0.6) is 0 Å². The van der Waals surface area contributed by atoms with Crippen molar-refractivity contribution in [2.24, 2.45) is 10.3 Å². The first kappa shape index (κ1) is 13.8. The minimum atomic E-state index is -3.82. The van der Waals surface area contributed by atoms with Gasteiger partial charge in [0.2, 0.25) is 16.3 Å². The molecule has 0 fully saturated rings. The Morgan fingerprint density at radius 3 is 2.47 bits per heavy atom. The van der Waals surface area contributed by atoms with Crippen molar-refractivity contribution in [3.05, 3.63) is 35.6 Å². The Balaban J connectivity index is 2.18. The molecule has 0 aromatic heterocycles. The number of sulfonamides is 1. The van der Waals surface area contributed by atoms with Gasteiger partial charge in [0.1, 0.15) is 10.6 Å². The van der Waals surface area contributed by atoms with Crippen LogP contribution in [0, 0.1) is 5.82 Å². The maximum atomic E-state index is 12.8. The van der Waals surface area contributed by atoms with Gasteiger partial charge in [-0.25, -0.2) is 17.9 Å². The van der Waals surface area contributed by atoms with Crippen LogP contribution in [-0.2, 0) is 14.9 Å². The molecule has 104 valence electrons. The first-order valence-electron chi connectivity index (χ1n) is 5.50. The number of nitrogens with two attached hydrogens (primary N) is 1. The molecule has 1 aromatic rings. The second kappa shape index (κ2) is 4.46. The average molecular weight is 287 g/mol. The molecule has 0 bridgehead atoms. The standard InChI is InChI=1S/C11H14FN3O3S/c1-11(2,19(13,16)17)10-14-9(15-18-10)7-3-5-8(12)6-4-7/h3-6,10H,1-2H3,(H,14,15)(H2,13,16,17). The molecular weight excluding hydrogens is 273 g/mol. The molecule has 8 heteroatoms. The number of primary sulfonamides is 1. The fourth-order valence-electron chi connectivity index (χ4n) is 1.48. The minimum Gasteiger partial charge on any atom is -0.367 e. The van der Waals surface area contributed by atoms with Crippen molar-refractivity contribution in [1.29, 1.82) is 0 Å². The number of rotatable bonds is 3. The molecule has 0 saturated carbocycles. The number of hydrogen-bond acceptors (Lipinski definition) is 5. The molecule has 1 aliphatic heterocycles. The Hall–Kier alpha value is -1.67. The Labute approximate surface area is 110 Å². The van der Waals surface area contributed by atoms with Crippen molar-refractivity contribution < 1.29 is 17.6 Å². The van der Waals surface area contributed by atoms with Gasteiger partial charge in [-0.15, -0.1) is 0 Å². The maximum Gasteiger partial charge on any atom is 0.220 e. The first-order valence-corrected chi connectivity index (χ1v) is 7.05. The summed E-state index contributed by atoms with van der Waals surface area (Å²) in [6, 6.07) is 5.57.